The van der Waals surface area contributed by atoms with Gasteiger partial charge in [-0.1, -0.05) is 0 Å². The van der Waals surface area contributed by atoms with Crippen LogP contribution in [0.15, 0.2) is 36.8 Å². The summed E-state index contributed by atoms with van der Waals surface area (Å²) in [6.45, 7) is 5.81. The van der Waals surface area contributed by atoms with Crippen molar-refractivity contribution in [3.63, 3.8) is 0 Å². The lowest BCUT2D eigenvalue weighted by atomic mass is 10.3. The van der Waals surface area contributed by atoms with Crippen LogP contribution in [0.3, 0.4) is 0 Å². The Bertz CT molecular complexity index is 800. The summed E-state index contributed by atoms with van der Waals surface area (Å²) in [4.78, 5) is 12.1. The quantitative estimate of drug-likeness (QED) is 0.662. The van der Waals surface area contributed by atoms with Crippen LogP contribution in [-0.4, -0.2) is 41.8 Å². The van der Waals surface area contributed by atoms with E-state index in [-0.39, 0.29) is 5.91 Å². The molecule has 0 aliphatic rings. The fourth-order valence-electron chi connectivity index (χ4n) is 2.48. The molecule has 3 aromatic heterocycles. The van der Waals surface area contributed by atoms with Gasteiger partial charge in [0.25, 0.3) is 5.91 Å². The van der Waals surface area contributed by atoms with E-state index >= 15 is 0 Å². The monoisotopic (exact) mass is 327 g/mol. The molecule has 126 valence electrons. The maximum absolute atomic E-state index is 12.1. The number of aryl methyl sites for hydroxylation is 3. The number of carbonyl (C=O) groups excluding carboxylic acids is 1. The van der Waals surface area contributed by atoms with Crippen molar-refractivity contribution in [2.75, 3.05) is 6.54 Å². The van der Waals surface area contributed by atoms with Gasteiger partial charge in [-0.25, -0.2) is 4.68 Å². The molecule has 8 heteroatoms. The normalized spacial score (nSPS) is 10.9. The maximum atomic E-state index is 12.1. The third-order valence-electron chi connectivity index (χ3n) is 3.66. The smallest absolute Gasteiger partial charge is 0.271 e. The van der Waals surface area contributed by atoms with E-state index in [2.05, 4.69) is 20.6 Å². The fraction of sp³-hybridized carbons (Fsp3) is 0.375. The predicted molar refractivity (Wildman–Crippen MR) is 88.5 cm³/mol. The molecule has 0 atom stereocenters. The van der Waals surface area contributed by atoms with Gasteiger partial charge in [0, 0.05) is 37.4 Å². The van der Waals surface area contributed by atoms with Gasteiger partial charge in [-0.3, -0.25) is 14.2 Å². The molecule has 0 radical (unpaired) electrons. The van der Waals surface area contributed by atoms with Crippen LogP contribution in [0.2, 0.25) is 0 Å². The zero-order valence-corrected chi connectivity index (χ0v) is 13.9. The lowest BCUT2D eigenvalue weighted by molar-refractivity contribution is 0.0946. The van der Waals surface area contributed by atoms with E-state index in [0.29, 0.717) is 18.9 Å². The van der Waals surface area contributed by atoms with Gasteiger partial charge in [-0.15, -0.1) is 0 Å². The van der Waals surface area contributed by atoms with E-state index in [9.17, 15) is 4.79 Å². The van der Waals surface area contributed by atoms with Crippen molar-refractivity contribution >= 4 is 5.91 Å². The number of hydrogen-bond acceptors (Lipinski definition) is 4. The molecule has 0 bridgehead atoms. The second-order valence-corrected chi connectivity index (χ2v) is 5.69. The van der Waals surface area contributed by atoms with Crippen LogP contribution in [0.5, 0.6) is 0 Å². The SMILES string of the molecule is Cc1cc(C)n(Cn2ccc(C(=O)NCCCn3cccn3)n2)n1. The number of carbonyl (C=O) groups is 1. The summed E-state index contributed by atoms with van der Waals surface area (Å²) < 4.78 is 5.40. The van der Waals surface area contributed by atoms with Crippen molar-refractivity contribution in [3.8, 4) is 0 Å². The molecule has 0 saturated heterocycles. The molecular formula is C16H21N7O. The Hall–Kier alpha value is -2.90. The average Bonchev–Trinajstić information content (AvgIpc) is 3.27. The van der Waals surface area contributed by atoms with Crippen LogP contribution in [-0.2, 0) is 13.2 Å². The van der Waals surface area contributed by atoms with Crippen LogP contribution in [0, 0.1) is 13.8 Å². The van der Waals surface area contributed by atoms with Crippen molar-refractivity contribution in [1.82, 2.24) is 34.7 Å². The van der Waals surface area contributed by atoms with Gasteiger partial charge in [-0.2, -0.15) is 15.3 Å². The first-order chi connectivity index (χ1) is 11.6. The second kappa shape index (κ2) is 7.12. The van der Waals surface area contributed by atoms with Crippen LogP contribution in [0.4, 0.5) is 0 Å². The molecule has 0 fully saturated rings. The second-order valence-electron chi connectivity index (χ2n) is 5.69. The number of nitrogens with zero attached hydrogens (tertiary/aromatic N) is 6. The summed E-state index contributed by atoms with van der Waals surface area (Å²) in [7, 11) is 0. The molecule has 3 heterocycles. The van der Waals surface area contributed by atoms with E-state index in [1.807, 2.05) is 41.5 Å². The van der Waals surface area contributed by atoms with Crippen molar-refractivity contribution in [2.45, 2.75) is 33.5 Å². The Morgan fingerprint density at radius 2 is 2.08 bits per heavy atom. The van der Waals surface area contributed by atoms with E-state index in [4.69, 9.17) is 0 Å². The van der Waals surface area contributed by atoms with Crippen molar-refractivity contribution in [3.05, 3.63) is 53.9 Å². The molecule has 3 aromatic rings. The summed E-state index contributed by atoms with van der Waals surface area (Å²) in [5.74, 6) is -0.164. The highest BCUT2D eigenvalue weighted by Crippen LogP contribution is 2.03. The summed E-state index contributed by atoms with van der Waals surface area (Å²) >= 11 is 0. The van der Waals surface area contributed by atoms with Gasteiger partial charge in [0.15, 0.2) is 0 Å². The van der Waals surface area contributed by atoms with Crippen molar-refractivity contribution in [2.24, 2.45) is 0 Å². The van der Waals surface area contributed by atoms with Gasteiger partial charge >= 0.3 is 0 Å². The molecule has 0 spiro atoms. The third kappa shape index (κ3) is 3.89. The summed E-state index contributed by atoms with van der Waals surface area (Å²) in [5, 5.41) is 15.7. The number of nitrogens with one attached hydrogen (secondary N) is 1. The van der Waals surface area contributed by atoms with E-state index in [1.54, 1.807) is 23.1 Å². The van der Waals surface area contributed by atoms with E-state index in [1.165, 1.54) is 0 Å². The average molecular weight is 327 g/mol. The number of amides is 1. The molecule has 0 aromatic carbocycles. The summed E-state index contributed by atoms with van der Waals surface area (Å²) in [6, 6.07) is 5.61. The van der Waals surface area contributed by atoms with Crippen LogP contribution >= 0.6 is 0 Å². The largest absolute Gasteiger partial charge is 0.351 e. The zero-order valence-electron chi connectivity index (χ0n) is 13.9. The highest BCUT2D eigenvalue weighted by molar-refractivity contribution is 5.92. The molecule has 0 aliphatic carbocycles. The van der Waals surface area contributed by atoms with Gasteiger partial charge < -0.3 is 5.32 Å². The van der Waals surface area contributed by atoms with Gasteiger partial charge in [-0.05, 0) is 38.5 Å². The molecule has 1 amide bonds. The lowest BCUT2D eigenvalue weighted by Crippen LogP contribution is -2.26. The van der Waals surface area contributed by atoms with Crippen molar-refractivity contribution in [1.29, 1.82) is 0 Å². The van der Waals surface area contributed by atoms with Crippen LogP contribution < -0.4 is 5.32 Å². The Morgan fingerprint density at radius 3 is 2.79 bits per heavy atom. The summed E-state index contributed by atoms with van der Waals surface area (Å²) in [5.41, 5.74) is 2.44. The Labute approximate surface area is 140 Å². The van der Waals surface area contributed by atoms with Gasteiger partial charge in [0.05, 0.1) is 5.69 Å². The van der Waals surface area contributed by atoms with Crippen LogP contribution in [0.25, 0.3) is 0 Å². The highest BCUT2D eigenvalue weighted by Gasteiger charge is 2.10. The lowest BCUT2D eigenvalue weighted by Gasteiger charge is -2.05. The number of rotatable bonds is 7. The van der Waals surface area contributed by atoms with E-state index in [0.717, 1.165) is 24.4 Å². The highest BCUT2D eigenvalue weighted by atomic mass is 16.1. The minimum Gasteiger partial charge on any atom is -0.351 e. The molecule has 8 nitrogen and oxygen atoms in total. The Kier molecular flexibility index (Phi) is 4.74. The first kappa shape index (κ1) is 16.0. The van der Waals surface area contributed by atoms with Crippen LogP contribution in [0.1, 0.15) is 28.3 Å². The zero-order chi connectivity index (χ0) is 16.9. The molecule has 0 saturated carbocycles. The molecular weight excluding hydrogens is 306 g/mol. The topological polar surface area (TPSA) is 82.6 Å². The first-order valence-electron chi connectivity index (χ1n) is 7.92. The molecule has 0 unspecified atom stereocenters. The summed E-state index contributed by atoms with van der Waals surface area (Å²) in [6.07, 6.45) is 6.26. The molecule has 24 heavy (non-hydrogen) atoms. The van der Waals surface area contributed by atoms with Gasteiger partial charge in [0.1, 0.15) is 12.4 Å². The third-order valence-corrected chi connectivity index (χ3v) is 3.66. The minimum atomic E-state index is -0.164. The Morgan fingerprint density at radius 1 is 1.21 bits per heavy atom. The fourth-order valence-corrected chi connectivity index (χ4v) is 2.48. The Balaban J connectivity index is 1.49. The minimum absolute atomic E-state index is 0.164. The molecule has 0 aliphatic heterocycles. The van der Waals surface area contributed by atoms with Crippen molar-refractivity contribution < 1.29 is 4.79 Å². The van der Waals surface area contributed by atoms with Gasteiger partial charge in [0.2, 0.25) is 0 Å². The first-order valence-corrected chi connectivity index (χ1v) is 7.92. The number of hydrogen-bond donors (Lipinski definition) is 1. The standard InChI is InChI=1S/C16H21N7O/c1-13-11-14(2)23(19-13)12-22-10-5-15(20-22)16(24)17-6-3-8-21-9-4-7-18-21/h4-5,7,9-11H,3,6,8,12H2,1-2H3,(H,17,24). The van der Waals surface area contributed by atoms with E-state index < -0.39 is 0 Å². The molecule has 1 N–H and O–H groups in total. The predicted octanol–water partition coefficient (Wildman–Crippen LogP) is 1.22. The molecule has 3 rings (SSSR count). The number of aromatic nitrogens is 6. The maximum Gasteiger partial charge on any atom is 0.271 e.